The van der Waals surface area contributed by atoms with Gasteiger partial charge in [-0.3, -0.25) is 10.1 Å². The normalized spacial score (nSPS) is 9.93. The molecule has 1 rings (SSSR count). The van der Waals surface area contributed by atoms with Gasteiger partial charge in [0, 0.05) is 30.2 Å². The molecule has 4 nitrogen and oxygen atoms in total. The highest BCUT2D eigenvalue weighted by Crippen LogP contribution is 2.21. The molecule has 5 heteroatoms. The van der Waals surface area contributed by atoms with Crippen LogP contribution in [-0.4, -0.2) is 11.5 Å². The first-order chi connectivity index (χ1) is 7.15. The molecular weight excluding hydrogens is 216 g/mol. The minimum absolute atomic E-state index is 0.0507. The van der Waals surface area contributed by atoms with Crippen molar-refractivity contribution in [2.75, 3.05) is 6.54 Å². The molecule has 0 fully saturated rings. The molecule has 0 aliphatic carbocycles. The molecule has 0 aromatic heterocycles. The van der Waals surface area contributed by atoms with Crippen molar-refractivity contribution in [1.29, 1.82) is 0 Å². The maximum Gasteiger partial charge on any atom is 0.269 e. The quantitative estimate of drug-likeness (QED) is 0.363. The van der Waals surface area contributed by atoms with Crippen LogP contribution in [0.4, 0.5) is 5.69 Å². The van der Waals surface area contributed by atoms with Crippen LogP contribution < -0.4 is 5.32 Å². The van der Waals surface area contributed by atoms with Crippen LogP contribution in [0.15, 0.2) is 30.9 Å². The molecule has 0 saturated heterocycles. The van der Waals surface area contributed by atoms with Crippen molar-refractivity contribution in [1.82, 2.24) is 5.32 Å². The van der Waals surface area contributed by atoms with Gasteiger partial charge >= 0.3 is 0 Å². The maximum absolute atomic E-state index is 10.5. The van der Waals surface area contributed by atoms with Gasteiger partial charge in [0.1, 0.15) is 0 Å². The van der Waals surface area contributed by atoms with E-state index in [1.807, 2.05) is 0 Å². The van der Waals surface area contributed by atoms with Crippen LogP contribution in [0.5, 0.6) is 0 Å². The first-order valence-corrected chi connectivity index (χ1v) is 4.77. The Morgan fingerprint density at radius 3 is 2.93 bits per heavy atom. The number of halogens is 1. The van der Waals surface area contributed by atoms with E-state index in [1.165, 1.54) is 18.2 Å². The van der Waals surface area contributed by atoms with Crippen LogP contribution in [0, 0.1) is 10.1 Å². The van der Waals surface area contributed by atoms with E-state index in [4.69, 9.17) is 11.6 Å². The molecule has 0 aliphatic heterocycles. The molecule has 15 heavy (non-hydrogen) atoms. The van der Waals surface area contributed by atoms with Gasteiger partial charge in [-0.05, 0) is 11.6 Å². The third-order valence-electron chi connectivity index (χ3n) is 1.84. The second-order valence-electron chi connectivity index (χ2n) is 2.95. The predicted octanol–water partition coefficient (Wildman–Crippen LogP) is 2.52. The zero-order chi connectivity index (χ0) is 11.3. The Morgan fingerprint density at radius 2 is 2.33 bits per heavy atom. The average molecular weight is 227 g/mol. The molecule has 1 N–H and O–H groups in total. The fourth-order valence-corrected chi connectivity index (χ4v) is 1.30. The van der Waals surface area contributed by atoms with Gasteiger partial charge in [-0.15, -0.1) is 6.58 Å². The van der Waals surface area contributed by atoms with Crippen molar-refractivity contribution >= 4 is 17.3 Å². The van der Waals surface area contributed by atoms with Gasteiger partial charge in [-0.25, -0.2) is 0 Å². The Morgan fingerprint density at radius 1 is 1.60 bits per heavy atom. The van der Waals surface area contributed by atoms with Gasteiger partial charge in [-0.2, -0.15) is 0 Å². The fourth-order valence-electron chi connectivity index (χ4n) is 1.12. The molecule has 1 aromatic rings. The molecule has 0 saturated carbocycles. The van der Waals surface area contributed by atoms with Gasteiger partial charge in [0.15, 0.2) is 0 Å². The monoisotopic (exact) mass is 226 g/mol. The third kappa shape index (κ3) is 3.34. The topological polar surface area (TPSA) is 55.2 Å². The summed E-state index contributed by atoms with van der Waals surface area (Å²) in [6.45, 7) is 4.69. The molecule has 0 bridgehead atoms. The Kier molecular flexibility index (Phi) is 4.27. The van der Waals surface area contributed by atoms with Gasteiger partial charge in [0.2, 0.25) is 0 Å². The zero-order valence-corrected chi connectivity index (χ0v) is 8.83. The highest BCUT2D eigenvalue weighted by molar-refractivity contribution is 6.31. The van der Waals surface area contributed by atoms with Crippen LogP contribution in [0.3, 0.4) is 0 Å². The number of hydrogen-bond donors (Lipinski definition) is 1. The lowest BCUT2D eigenvalue weighted by molar-refractivity contribution is -0.384. The number of nitrogens with one attached hydrogen (secondary N) is 1. The Balaban J connectivity index is 2.80. The van der Waals surface area contributed by atoms with E-state index in [0.29, 0.717) is 23.7 Å². The highest BCUT2D eigenvalue weighted by Gasteiger charge is 2.08. The van der Waals surface area contributed by atoms with Crippen LogP contribution in [0.2, 0.25) is 5.02 Å². The summed E-state index contributed by atoms with van der Waals surface area (Å²) in [6, 6.07) is 4.39. The lowest BCUT2D eigenvalue weighted by atomic mass is 10.2. The summed E-state index contributed by atoms with van der Waals surface area (Å²) in [5.41, 5.74) is 0.766. The number of rotatable bonds is 5. The summed E-state index contributed by atoms with van der Waals surface area (Å²) in [5.74, 6) is 0. The van der Waals surface area contributed by atoms with E-state index in [0.717, 1.165) is 0 Å². The number of benzene rings is 1. The van der Waals surface area contributed by atoms with E-state index >= 15 is 0 Å². The van der Waals surface area contributed by atoms with E-state index in [2.05, 4.69) is 11.9 Å². The highest BCUT2D eigenvalue weighted by atomic mass is 35.5. The van der Waals surface area contributed by atoms with Gasteiger partial charge in [-0.1, -0.05) is 17.7 Å². The SMILES string of the molecule is C=CCNCc1cc([N+](=O)[O-])ccc1Cl. The minimum Gasteiger partial charge on any atom is -0.309 e. The van der Waals surface area contributed by atoms with Gasteiger partial charge in [0.25, 0.3) is 5.69 Å². The molecule has 0 atom stereocenters. The van der Waals surface area contributed by atoms with Crippen molar-refractivity contribution in [3.8, 4) is 0 Å². The van der Waals surface area contributed by atoms with Crippen LogP contribution in [-0.2, 0) is 6.54 Å². The lowest BCUT2D eigenvalue weighted by Gasteiger charge is -2.04. The molecule has 0 aliphatic rings. The summed E-state index contributed by atoms with van der Waals surface area (Å²) < 4.78 is 0. The Hall–Kier alpha value is -1.39. The maximum atomic E-state index is 10.5. The van der Waals surface area contributed by atoms with Crippen molar-refractivity contribution in [3.63, 3.8) is 0 Å². The summed E-state index contributed by atoms with van der Waals surface area (Å²) in [4.78, 5) is 10.1. The first-order valence-electron chi connectivity index (χ1n) is 4.39. The van der Waals surface area contributed by atoms with Crippen molar-refractivity contribution in [2.24, 2.45) is 0 Å². The molecule has 80 valence electrons. The number of non-ortho nitro benzene ring substituents is 1. The summed E-state index contributed by atoms with van der Waals surface area (Å²) in [6.07, 6.45) is 1.71. The van der Waals surface area contributed by atoms with E-state index in [-0.39, 0.29) is 5.69 Å². The smallest absolute Gasteiger partial charge is 0.269 e. The van der Waals surface area contributed by atoms with Gasteiger partial charge in [0.05, 0.1) is 4.92 Å². The fraction of sp³-hybridized carbons (Fsp3) is 0.200. The summed E-state index contributed by atoms with van der Waals surface area (Å²) in [7, 11) is 0. The molecule has 1 aromatic carbocycles. The molecule has 0 amide bonds. The number of hydrogen-bond acceptors (Lipinski definition) is 3. The number of nitro benzene ring substituents is 1. The minimum atomic E-state index is -0.437. The second-order valence-corrected chi connectivity index (χ2v) is 3.36. The number of nitrogens with zero attached hydrogens (tertiary/aromatic N) is 1. The van der Waals surface area contributed by atoms with E-state index < -0.39 is 4.92 Å². The lowest BCUT2D eigenvalue weighted by Crippen LogP contribution is -2.13. The second kappa shape index (κ2) is 5.48. The molecular formula is C10H11ClN2O2. The standard InChI is InChI=1S/C10H11ClN2O2/c1-2-5-12-7-8-6-9(13(14)15)3-4-10(8)11/h2-4,6,12H,1,5,7H2. The molecule has 0 unspecified atom stereocenters. The van der Waals surface area contributed by atoms with E-state index in [9.17, 15) is 10.1 Å². The largest absolute Gasteiger partial charge is 0.309 e. The summed E-state index contributed by atoms with van der Waals surface area (Å²) >= 11 is 5.89. The van der Waals surface area contributed by atoms with Crippen molar-refractivity contribution in [3.05, 3.63) is 51.6 Å². The molecule has 0 radical (unpaired) electrons. The van der Waals surface area contributed by atoms with Crippen molar-refractivity contribution < 1.29 is 4.92 Å². The predicted molar refractivity (Wildman–Crippen MR) is 60.0 cm³/mol. The van der Waals surface area contributed by atoms with E-state index in [1.54, 1.807) is 6.08 Å². The number of nitro groups is 1. The van der Waals surface area contributed by atoms with Crippen LogP contribution in [0.1, 0.15) is 5.56 Å². The summed E-state index contributed by atoms with van der Waals surface area (Å²) in [5, 5.41) is 14.1. The molecule has 0 spiro atoms. The first kappa shape index (κ1) is 11.7. The zero-order valence-electron chi connectivity index (χ0n) is 8.07. The van der Waals surface area contributed by atoms with Crippen LogP contribution >= 0.6 is 11.6 Å². The Labute approximate surface area is 92.7 Å². The average Bonchev–Trinajstić information content (AvgIpc) is 2.20. The van der Waals surface area contributed by atoms with Crippen LogP contribution in [0.25, 0.3) is 0 Å². The molecule has 0 heterocycles. The Bertz CT molecular complexity index is 380. The van der Waals surface area contributed by atoms with Gasteiger partial charge < -0.3 is 5.32 Å². The van der Waals surface area contributed by atoms with Crippen molar-refractivity contribution in [2.45, 2.75) is 6.54 Å². The third-order valence-corrected chi connectivity index (χ3v) is 2.21.